The minimum Gasteiger partial charge on any atom is -0.381 e. The van der Waals surface area contributed by atoms with E-state index in [2.05, 4.69) is 75.0 Å². The minimum atomic E-state index is 0.617. The van der Waals surface area contributed by atoms with Crippen LogP contribution in [0.5, 0.6) is 0 Å². The Morgan fingerprint density at radius 2 is 2.04 bits per heavy atom. The van der Waals surface area contributed by atoms with E-state index in [0.29, 0.717) is 5.92 Å². The average molecular weight is 338 g/mol. The summed E-state index contributed by atoms with van der Waals surface area (Å²) >= 11 is 0. The fraction of sp³-hybridized carbons (Fsp3) is 0.417. The highest BCUT2D eigenvalue weighted by molar-refractivity contribution is 5.70. The summed E-state index contributed by atoms with van der Waals surface area (Å²) in [5.41, 5.74) is 5.61. The molecule has 1 rings (SSSR count). The summed E-state index contributed by atoms with van der Waals surface area (Å²) in [6.07, 6.45) is 13.1. The normalized spacial score (nSPS) is 12.5. The molecular weight excluding hydrogens is 302 g/mol. The quantitative estimate of drug-likeness (QED) is 0.428. The number of aryl methyl sites for hydroxylation is 1. The lowest BCUT2D eigenvalue weighted by molar-refractivity contribution is 0.697. The molecule has 1 N–H and O–H groups in total. The van der Waals surface area contributed by atoms with Crippen LogP contribution in [0.4, 0.5) is 0 Å². The Bertz CT molecular complexity index is 626. The molecule has 1 unspecified atom stereocenters. The van der Waals surface area contributed by atoms with Crippen LogP contribution >= 0.6 is 0 Å². The van der Waals surface area contributed by atoms with Crippen molar-refractivity contribution in [3.63, 3.8) is 0 Å². The Morgan fingerprint density at radius 1 is 1.36 bits per heavy atom. The van der Waals surface area contributed by atoms with Crippen LogP contribution in [-0.4, -0.2) is 7.05 Å². The second kappa shape index (κ2) is 13.1. The first kappa shape index (κ1) is 22.8. The minimum absolute atomic E-state index is 0.617. The van der Waals surface area contributed by atoms with Crippen LogP contribution < -0.4 is 5.32 Å². The van der Waals surface area contributed by atoms with Crippen molar-refractivity contribution >= 4 is 5.57 Å². The number of hydrogen-bond acceptors (Lipinski definition) is 1. The van der Waals surface area contributed by atoms with Crippen molar-refractivity contribution in [2.75, 3.05) is 7.05 Å². The van der Waals surface area contributed by atoms with Crippen molar-refractivity contribution in [1.82, 2.24) is 5.32 Å². The molecular formula is C24H35N. The Hall–Kier alpha value is -2.20. The van der Waals surface area contributed by atoms with E-state index in [0.717, 1.165) is 24.1 Å². The summed E-state index contributed by atoms with van der Waals surface area (Å²) in [5, 5.41) is 3.07. The molecule has 0 spiro atoms. The zero-order valence-corrected chi connectivity index (χ0v) is 16.9. The lowest BCUT2D eigenvalue weighted by Gasteiger charge is -2.09. The monoisotopic (exact) mass is 337 g/mol. The van der Waals surface area contributed by atoms with Crippen molar-refractivity contribution in [2.24, 2.45) is 5.92 Å². The van der Waals surface area contributed by atoms with Crippen LogP contribution in [0.15, 0.2) is 54.3 Å². The Morgan fingerprint density at radius 3 is 2.60 bits per heavy atom. The third-order valence-electron chi connectivity index (χ3n) is 4.17. The molecule has 0 fully saturated rings. The van der Waals surface area contributed by atoms with Gasteiger partial charge in [0.05, 0.1) is 5.70 Å². The van der Waals surface area contributed by atoms with Crippen molar-refractivity contribution in [3.8, 4) is 12.3 Å². The number of nitrogens with one attached hydrogen (secondary N) is 1. The van der Waals surface area contributed by atoms with Crippen molar-refractivity contribution in [1.29, 1.82) is 0 Å². The van der Waals surface area contributed by atoms with Gasteiger partial charge in [-0.15, -0.1) is 6.42 Å². The van der Waals surface area contributed by atoms with Gasteiger partial charge < -0.3 is 5.32 Å². The van der Waals surface area contributed by atoms with Crippen LogP contribution in [0.2, 0.25) is 0 Å². The Balaban J connectivity index is 0.00000277. The zero-order valence-electron chi connectivity index (χ0n) is 16.9. The molecule has 136 valence electrons. The van der Waals surface area contributed by atoms with Crippen LogP contribution in [0.25, 0.3) is 5.57 Å². The summed E-state index contributed by atoms with van der Waals surface area (Å²) in [6.45, 7) is 14.6. The van der Waals surface area contributed by atoms with Crippen molar-refractivity contribution in [2.45, 2.75) is 53.9 Å². The van der Waals surface area contributed by atoms with Crippen LogP contribution in [0.3, 0.4) is 0 Å². The summed E-state index contributed by atoms with van der Waals surface area (Å²) in [4.78, 5) is 0. The molecule has 1 atom stereocenters. The van der Waals surface area contributed by atoms with E-state index in [4.69, 9.17) is 6.42 Å². The number of rotatable bonds is 8. The van der Waals surface area contributed by atoms with Gasteiger partial charge in [0.15, 0.2) is 0 Å². The summed E-state index contributed by atoms with van der Waals surface area (Å²) in [5.74, 6) is 3.31. The van der Waals surface area contributed by atoms with Crippen LogP contribution in [-0.2, 0) is 6.42 Å². The molecule has 0 aliphatic carbocycles. The highest BCUT2D eigenvalue weighted by atomic mass is 14.8. The van der Waals surface area contributed by atoms with Crippen molar-refractivity contribution in [3.05, 3.63) is 65.4 Å². The van der Waals surface area contributed by atoms with E-state index in [-0.39, 0.29) is 0 Å². The van der Waals surface area contributed by atoms with E-state index in [9.17, 15) is 0 Å². The highest BCUT2D eigenvalue weighted by Gasteiger charge is 2.03. The van der Waals surface area contributed by atoms with Crippen LogP contribution in [0.1, 0.15) is 58.6 Å². The van der Waals surface area contributed by atoms with Gasteiger partial charge in [0.25, 0.3) is 0 Å². The first-order valence-electron chi connectivity index (χ1n) is 9.32. The van der Waals surface area contributed by atoms with Gasteiger partial charge in [-0.25, -0.2) is 0 Å². The maximum Gasteiger partial charge on any atom is 0.0883 e. The summed E-state index contributed by atoms with van der Waals surface area (Å²) in [6, 6.07) is 8.58. The Kier molecular flexibility index (Phi) is 12.0. The predicted octanol–water partition coefficient (Wildman–Crippen LogP) is 6.39. The molecule has 0 radical (unpaired) electrons. The molecule has 1 aromatic rings. The molecule has 1 heteroatoms. The van der Waals surface area contributed by atoms with Crippen molar-refractivity contribution < 1.29 is 0 Å². The molecule has 0 aliphatic heterocycles. The maximum absolute atomic E-state index is 5.54. The Labute approximate surface area is 155 Å². The zero-order chi connectivity index (χ0) is 19.2. The van der Waals surface area contributed by atoms with E-state index in [1.165, 1.54) is 23.1 Å². The topological polar surface area (TPSA) is 12.0 Å². The lowest BCUT2D eigenvalue weighted by Crippen LogP contribution is -2.05. The number of hydrogen-bond donors (Lipinski definition) is 1. The average Bonchev–Trinajstić information content (AvgIpc) is 2.67. The molecule has 0 amide bonds. The fourth-order valence-electron chi connectivity index (χ4n) is 2.30. The molecule has 0 saturated carbocycles. The van der Waals surface area contributed by atoms with Gasteiger partial charge in [0.2, 0.25) is 0 Å². The third-order valence-corrected chi connectivity index (χ3v) is 4.17. The van der Waals surface area contributed by atoms with E-state index >= 15 is 0 Å². The summed E-state index contributed by atoms with van der Waals surface area (Å²) < 4.78 is 0. The van der Waals surface area contributed by atoms with Gasteiger partial charge in [0.1, 0.15) is 0 Å². The first-order valence-corrected chi connectivity index (χ1v) is 9.32. The third kappa shape index (κ3) is 8.45. The number of terminal acetylenes is 1. The second-order valence-corrected chi connectivity index (χ2v) is 6.00. The van der Waals surface area contributed by atoms with Gasteiger partial charge >= 0.3 is 0 Å². The number of benzene rings is 1. The molecule has 0 bridgehead atoms. The first-order chi connectivity index (χ1) is 12.0. The van der Waals surface area contributed by atoms with Crippen LogP contribution in [0, 0.1) is 18.3 Å². The van der Waals surface area contributed by atoms with E-state index in [1.54, 1.807) is 0 Å². The predicted molar refractivity (Wildman–Crippen MR) is 114 cm³/mol. The maximum atomic E-state index is 5.54. The molecule has 25 heavy (non-hydrogen) atoms. The molecule has 1 nitrogen and oxygen atoms in total. The molecule has 0 aliphatic rings. The van der Waals surface area contributed by atoms with Gasteiger partial charge in [-0.2, -0.15) is 0 Å². The molecule has 0 heterocycles. The summed E-state index contributed by atoms with van der Waals surface area (Å²) in [7, 11) is 1.86. The van der Waals surface area contributed by atoms with E-state index in [1.807, 2.05) is 20.9 Å². The van der Waals surface area contributed by atoms with Gasteiger partial charge in [-0.1, -0.05) is 88.6 Å². The molecule has 0 saturated heterocycles. The smallest absolute Gasteiger partial charge is 0.0883 e. The SMILES string of the molecule is C#C/C(NC)=C(/C)c1cccc(CCC(=C)/C=C\C(C)CC)c1.CC. The van der Waals surface area contributed by atoms with E-state index < -0.39 is 0 Å². The standard InChI is InChI=1S/C22H29N.C2H6/c1-7-17(3)12-13-18(4)14-15-20-10-9-11-21(16-20)19(5)22(8-2)23-6;1-2/h2,9-13,16-17,23H,4,7,14-15H2,1,3,5-6H3;1-2H3/b13-12-,22-19+;. The number of allylic oxidation sites excluding steroid dienone is 5. The second-order valence-electron chi connectivity index (χ2n) is 6.00. The van der Waals surface area contributed by atoms with Gasteiger partial charge in [-0.05, 0) is 42.4 Å². The largest absolute Gasteiger partial charge is 0.381 e. The molecule has 0 aromatic heterocycles. The highest BCUT2D eigenvalue weighted by Crippen LogP contribution is 2.19. The fourth-order valence-corrected chi connectivity index (χ4v) is 2.30. The lowest BCUT2D eigenvalue weighted by atomic mass is 9.98. The van der Waals surface area contributed by atoms with Gasteiger partial charge in [-0.3, -0.25) is 0 Å². The van der Waals surface area contributed by atoms with Gasteiger partial charge in [0, 0.05) is 7.05 Å². The molecule has 1 aromatic carbocycles.